The van der Waals surface area contributed by atoms with Gasteiger partial charge in [-0.2, -0.15) is 5.10 Å². The summed E-state index contributed by atoms with van der Waals surface area (Å²) < 4.78 is 0.750. The number of hydrazone groups is 1. The van der Waals surface area contributed by atoms with Gasteiger partial charge in [0.1, 0.15) is 5.75 Å². The van der Waals surface area contributed by atoms with Crippen molar-refractivity contribution in [1.29, 1.82) is 0 Å². The van der Waals surface area contributed by atoms with Gasteiger partial charge in [-0.05, 0) is 36.8 Å². The van der Waals surface area contributed by atoms with E-state index in [9.17, 15) is 14.7 Å². The summed E-state index contributed by atoms with van der Waals surface area (Å²) in [6, 6.07) is 11.9. The quantitative estimate of drug-likeness (QED) is 0.437. The lowest BCUT2D eigenvalue weighted by atomic mass is 10.2. The topological polar surface area (TPSA) is 90.8 Å². The normalized spacial score (nSPS) is 10.5. The highest BCUT2D eigenvalue weighted by atomic mass is 79.9. The van der Waals surface area contributed by atoms with E-state index in [0.29, 0.717) is 11.3 Å². The standard InChI is InChI=1S/C16H14BrN3O3/c1-10-4-2-3-5-13(10)19-15(22)16(23)20-18-9-11-8-12(17)6-7-14(11)21/h2-9,21H,1H3,(H,19,22)(H,20,23)/b18-9+. The lowest BCUT2D eigenvalue weighted by Gasteiger charge is -2.06. The van der Waals surface area contributed by atoms with Crippen LogP contribution in [0.3, 0.4) is 0 Å². The van der Waals surface area contributed by atoms with Gasteiger partial charge in [-0.1, -0.05) is 34.1 Å². The first-order chi connectivity index (χ1) is 11.0. The highest BCUT2D eigenvalue weighted by Crippen LogP contribution is 2.19. The Labute approximate surface area is 141 Å². The van der Waals surface area contributed by atoms with Crippen molar-refractivity contribution in [2.24, 2.45) is 5.10 Å². The van der Waals surface area contributed by atoms with Crippen molar-refractivity contribution in [1.82, 2.24) is 5.43 Å². The third kappa shape index (κ3) is 4.65. The van der Waals surface area contributed by atoms with E-state index < -0.39 is 11.8 Å². The number of nitrogens with zero attached hydrogens (tertiary/aromatic N) is 1. The zero-order chi connectivity index (χ0) is 16.8. The van der Waals surface area contributed by atoms with Gasteiger partial charge in [0.25, 0.3) is 0 Å². The number of carbonyl (C=O) groups excluding carboxylic acids is 2. The number of nitrogens with one attached hydrogen (secondary N) is 2. The Morgan fingerprint density at radius 1 is 1.17 bits per heavy atom. The van der Waals surface area contributed by atoms with Gasteiger partial charge in [0.05, 0.1) is 6.21 Å². The molecule has 0 aromatic heterocycles. The molecule has 2 aromatic carbocycles. The fraction of sp³-hybridized carbons (Fsp3) is 0.0625. The number of aromatic hydroxyl groups is 1. The molecule has 2 amide bonds. The maximum absolute atomic E-state index is 11.8. The Morgan fingerprint density at radius 2 is 1.91 bits per heavy atom. The number of halogens is 1. The largest absolute Gasteiger partial charge is 0.507 e. The number of phenolic OH excluding ortho intramolecular Hbond substituents is 1. The fourth-order valence-corrected chi connectivity index (χ4v) is 2.11. The Kier molecular flexibility index (Phi) is 5.48. The van der Waals surface area contributed by atoms with Crippen molar-refractivity contribution in [3.8, 4) is 5.75 Å². The van der Waals surface area contributed by atoms with Gasteiger partial charge >= 0.3 is 11.8 Å². The first-order valence-corrected chi connectivity index (χ1v) is 7.45. The average Bonchev–Trinajstić information content (AvgIpc) is 2.52. The van der Waals surface area contributed by atoms with E-state index in [1.165, 1.54) is 12.3 Å². The van der Waals surface area contributed by atoms with Crippen LogP contribution in [0.2, 0.25) is 0 Å². The Balaban J connectivity index is 1.96. The monoisotopic (exact) mass is 375 g/mol. The van der Waals surface area contributed by atoms with Crippen LogP contribution in [0.15, 0.2) is 52.0 Å². The minimum absolute atomic E-state index is 0.00978. The van der Waals surface area contributed by atoms with Crippen LogP contribution in [-0.2, 0) is 9.59 Å². The molecule has 0 saturated heterocycles. The molecule has 3 N–H and O–H groups in total. The number of hydrogen-bond donors (Lipinski definition) is 3. The van der Waals surface area contributed by atoms with Crippen LogP contribution in [-0.4, -0.2) is 23.1 Å². The molecule has 6 nitrogen and oxygen atoms in total. The third-order valence-electron chi connectivity index (χ3n) is 2.96. The van der Waals surface area contributed by atoms with Gasteiger partial charge in [0, 0.05) is 15.7 Å². The zero-order valence-electron chi connectivity index (χ0n) is 12.2. The second kappa shape index (κ2) is 7.55. The molecule has 0 spiro atoms. The van der Waals surface area contributed by atoms with E-state index in [1.807, 2.05) is 19.1 Å². The van der Waals surface area contributed by atoms with Crippen molar-refractivity contribution in [3.05, 3.63) is 58.1 Å². The van der Waals surface area contributed by atoms with Gasteiger partial charge in [0.2, 0.25) is 0 Å². The molecule has 118 valence electrons. The summed E-state index contributed by atoms with van der Waals surface area (Å²) in [5.41, 5.74) is 3.91. The van der Waals surface area contributed by atoms with Gasteiger partial charge in [-0.25, -0.2) is 5.43 Å². The number of benzene rings is 2. The molecule has 0 aliphatic heterocycles. The van der Waals surface area contributed by atoms with E-state index in [-0.39, 0.29) is 5.75 Å². The summed E-state index contributed by atoms with van der Waals surface area (Å²) in [6.07, 6.45) is 1.25. The third-order valence-corrected chi connectivity index (χ3v) is 3.45. The van der Waals surface area contributed by atoms with Crippen molar-refractivity contribution < 1.29 is 14.7 Å². The van der Waals surface area contributed by atoms with E-state index >= 15 is 0 Å². The second-order valence-electron chi connectivity index (χ2n) is 4.67. The lowest BCUT2D eigenvalue weighted by Crippen LogP contribution is -2.32. The van der Waals surface area contributed by atoms with Crippen molar-refractivity contribution in [2.75, 3.05) is 5.32 Å². The minimum Gasteiger partial charge on any atom is -0.507 e. The number of carbonyl (C=O) groups is 2. The van der Waals surface area contributed by atoms with E-state index in [4.69, 9.17) is 0 Å². The molecule has 0 heterocycles. The number of rotatable bonds is 3. The molecule has 0 saturated carbocycles. The van der Waals surface area contributed by atoms with Crippen LogP contribution in [0.5, 0.6) is 5.75 Å². The number of aryl methyl sites for hydroxylation is 1. The predicted octanol–water partition coefficient (Wildman–Crippen LogP) is 2.55. The lowest BCUT2D eigenvalue weighted by molar-refractivity contribution is -0.136. The molecule has 2 rings (SSSR count). The van der Waals surface area contributed by atoms with Gasteiger partial charge < -0.3 is 10.4 Å². The molecule has 2 aromatic rings. The summed E-state index contributed by atoms with van der Waals surface area (Å²) in [5, 5.41) is 15.8. The average molecular weight is 376 g/mol. The van der Waals surface area contributed by atoms with Crippen LogP contribution in [0.1, 0.15) is 11.1 Å². The minimum atomic E-state index is -0.904. The SMILES string of the molecule is Cc1ccccc1NC(=O)C(=O)N/N=C/c1cc(Br)ccc1O. The fourth-order valence-electron chi connectivity index (χ4n) is 1.73. The Hall–Kier alpha value is -2.67. The first kappa shape index (κ1) is 16.7. The van der Waals surface area contributed by atoms with Crippen LogP contribution in [0, 0.1) is 6.92 Å². The number of anilines is 1. The molecule has 0 aliphatic rings. The summed E-state index contributed by atoms with van der Waals surface area (Å²) >= 11 is 3.26. The summed E-state index contributed by atoms with van der Waals surface area (Å²) in [5.74, 6) is -1.72. The van der Waals surface area contributed by atoms with Gasteiger partial charge in [-0.15, -0.1) is 0 Å². The predicted molar refractivity (Wildman–Crippen MR) is 91.4 cm³/mol. The zero-order valence-corrected chi connectivity index (χ0v) is 13.8. The van der Waals surface area contributed by atoms with Crippen LogP contribution < -0.4 is 10.7 Å². The van der Waals surface area contributed by atoms with Crippen molar-refractivity contribution in [3.63, 3.8) is 0 Å². The molecule has 0 atom stereocenters. The summed E-state index contributed by atoms with van der Waals surface area (Å²) in [7, 11) is 0. The molecule has 0 radical (unpaired) electrons. The number of amides is 2. The second-order valence-corrected chi connectivity index (χ2v) is 5.59. The van der Waals surface area contributed by atoms with Crippen molar-refractivity contribution in [2.45, 2.75) is 6.92 Å². The highest BCUT2D eigenvalue weighted by molar-refractivity contribution is 9.10. The maximum Gasteiger partial charge on any atom is 0.329 e. The number of para-hydroxylation sites is 1. The molecule has 0 unspecified atom stereocenters. The Morgan fingerprint density at radius 3 is 2.65 bits per heavy atom. The molecular weight excluding hydrogens is 362 g/mol. The smallest absolute Gasteiger partial charge is 0.329 e. The summed E-state index contributed by atoms with van der Waals surface area (Å²) in [6.45, 7) is 1.82. The molecule has 7 heteroatoms. The first-order valence-electron chi connectivity index (χ1n) is 6.66. The van der Waals surface area contributed by atoms with E-state index in [1.54, 1.807) is 24.3 Å². The van der Waals surface area contributed by atoms with Gasteiger partial charge in [0.15, 0.2) is 0 Å². The molecule has 0 aliphatic carbocycles. The number of hydrogen-bond acceptors (Lipinski definition) is 4. The molecule has 23 heavy (non-hydrogen) atoms. The molecule has 0 fully saturated rings. The van der Waals surface area contributed by atoms with E-state index in [2.05, 4.69) is 31.8 Å². The summed E-state index contributed by atoms with van der Waals surface area (Å²) in [4.78, 5) is 23.5. The molecular formula is C16H14BrN3O3. The highest BCUT2D eigenvalue weighted by Gasteiger charge is 2.13. The van der Waals surface area contributed by atoms with Crippen LogP contribution in [0.25, 0.3) is 0 Å². The maximum atomic E-state index is 11.8. The van der Waals surface area contributed by atoms with Crippen LogP contribution in [0.4, 0.5) is 5.69 Å². The van der Waals surface area contributed by atoms with E-state index in [0.717, 1.165) is 10.0 Å². The Bertz CT molecular complexity index is 775. The molecule has 0 bridgehead atoms. The van der Waals surface area contributed by atoms with Crippen LogP contribution >= 0.6 is 15.9 Å². The number of phenols is 1. The van der Waals surface area contributed by atoms with Gasteiger partial charge in [-0.3, -0.25) is 9.59 Å². The van der Waals surface area contributed by atoms with Crippen molar-refractivity contribution >= 4 is 39.6 Å².